The lowest BCUT2D eigenvalue weighted by Crippen LogP contribution is -2.06. The highest BCUT2D eigenvalue weighted by Gasteiger charge is 2.16. The Bertz CT molecular complexity index is 1670. The number of fused-ring (bicyclic) bond motifs is 2. The van der Waals surface area contributed by atoms with E-state index in [1.165, 1.54) is 0 Å². The summed E-state index contributed by atoms with van der Waals surface area (Å²) in [6.07, 6.45) is 0. The Morgan fingerprint density at radius 2 is 0.810 bits per heavy atom. The van der Waals surface area contributed by atoms with Crippen molar-refractivity contribution in [1.29, 1.82) is 0 Å². The van der Waals surface area contributed by atoms with E-state index in [1.54, 1.807) is 41.5 Å². The molecule has 0 amide bonds. The van der Waals surface area contributed by atoms with E-state index in [9.17, 15) is 9.59 Å². The van der Waals surface area contributed by atoms with E-state index < -0.39 is 11.9 Å². The maximum atomic E-state index is 12.0. The Morgan fingerprint density at radius 3 is 1.14 bits per heavy atom. The van der Waals surface area contributed by atoms with Gasteiger partial charge < -0.3 is 18.9 Å². The number of hydrogen-bond donors (Lipinski definition) is 0. The molecule has 4 aromatic carbocycles. The van der Waals surface area contributed by atoms with Crippen molar-refractivity contribution in [2.24, 2.45) is 0 Å². The van der Waals surface area contributed by atoms with Crippen molar-refractivity contribution < 1.29 is 28.5 Å². The van der Waals surface area contributed by atoms with E-state index in [-0.39, 0.29) is 0 Å². The molecule has 0 saturated carbocycles. The lowest BCUT2D eigenvalue weighted by molar-refractivity contribution is -0.136. The number of hydrogen-bond acceptors (Lipinski definition) is 6. The quantitative estimate of drug-likeness (QED) is 0.115. The van der Waals surface area contributed by atoms with E-state index in [1.807, 2.05) is 60.7 Å². The number of carbonyl (C=O) groups is 2. The Labute approximate surface area is 246 Å². The Hall–Kier alpha value is -5.10. The predicted molar refractivity (Wildman–Crippen MR) is 167 cm³/mol. The zero-order chi connectivity index (χ0) is 30.6. The summed E-state index contributed by atoms with van der Waals surface area (Å²) in [4.78, 5) is 23.9. The van der Waals surface area contributed by atoms with Crippen LogP contribution in [0.1, 0.15) is 41.5 Å². The molecular formula is C36H34O6. The second-order valence-electron chi connectivity index (χ2n) is 10.1. The summed E-state index contributed by atoms with van der Waals surface area (Å²) in [5.74, 6) is 1.97. The highest BCUT2D eigenvalue weighted by Crippen LogP contribution is 2.41. The highest BCUT2D eigenvalue weighted by molar-refractivity contribution is 6.08. The predicted octanol–water partition coefficient (Wildman–Crippen LogP) is 9.16. The third-order valence-electron chi connectivity index (χ3n) is 6.76. The molecule has 0 spiro atoms. The maximum absolute atomic E-state index is 12.0. The molecule has 0 atom stereocenters. The summed E-state index contributed by atoms with van der Waals surface area (Å²) >= 11 is 0. The molecule has 0 saturated heterocycles. The molecule has 4 rings (SSSR count). The van der Waals surface area contributed by atoms with Gasteiger partial charge in [0.15, 0.2) is 0 Å². The fourth-order valence-corrected chi connectivity index (χ4v) is 4.26. The van der Waals surface area contributed by atoms with Crippen LogP contribution in [-0.4, -0.2) is 11.9 Å². The second-order valence-corrected chi connectivity index (χ2v) is 10.1. The summed E-state index contributed by atoms with van der Waals surface area (Å²) in [5, 5.41) is 3.81. The molecule has 4 aromatic rings. The van der Waals surface area contributed by atoms with E-state index >= 15 is 0 Å². The maximum Gasteiger partial charge on any atom is 0.338 e. The summed E-state index contributed by atoms with van der Waals surface area (Å²) in [6.45, 7) is 17.3. The van der Waals surface area contributed by atoms with E-state index in [2.05, 4.69) is 25.3 Å². The zero-order valence-electron chi connectivity index (χ0n) is 24.8. The number of allylic oxidation sites excluding steroid dienone is 4. The lowest BCUT2D eigenvalue weighted by atomic mass is 9.93. The summed E-state index contributed by atoms with van der Waals surface area (Å²) in [6, 6.07) is 23.9. The van der Waals surface area contributed by atoms with Gasteiger partial charge in [-0.3, -0.25) is 0 Å². The van der Waals surface area contributed by atoms with Crippen molar-refractivity contribution in [2.45, 2.75) is 41.5 Å². The van der Waals surface area contributed by atoms with E-state index in [4.69, 9.17) is 18.9 Å². The number of benzene rings is 4. The van der Waals surface area contributed by atoms with Crippen LogP contribution in [0.3, 0.4) is 0 Å². The van der Waals surface area contributed by atoms with Crippen molar-refractivity contribution in [3.63, 3.8) is 0 Å². The molecular weight excluding hydrogens is 528 g/mol. The van der Waals surface area contributed by atoms with Gasteiger partial charge in [0.05, 0.1) is 0 Å². The molecule has 0 fully saturated rings. The van der Waals surface area contributed by atoms with Crippen LogP contribution >= 0.6 is 0 Å². The van der Waals surface area contributed by atoms with Crippen molar-refractivity contribution in [3.8, 4) is 22.6 Å². The number of carbonyl (C=O) groups excluding carboxylic acids is 2. The molecule has 0 aliphatic rings. The Kier molecular flexibility index (Phi) is 8.96. The zero-order valence-corrected chi connectivity index (χ0v) is 24.8. The molecule has 0 aromatic heterocycles. The van der Waals surface area contributed by atoms with Crippen LogP contribution in [0, 0.1) is 0 Å². The first kappa shape index (κ1) is 29.9. The molecule has 0 unspecified atom stereocenters. The minimum Gasteiger partial charge on any atom is -0.458 e. The molecule has 0 aliphatic carbocycles. The lowest BCUT2D eigenvalue weighted by Gasteiger charge is -2.17. The average Bonchev–Trinajstić information content (AvgIpc) is 2.97. The van der Waals surface area contributed by atoms with Crippen LogP contribution in [0.15, 0.2) is 120 Å². The molecule has 0 heterocycles. The first-order valence-corrected chi connectivity index (χ1v) is 13.5. The highest BCUT2D eigenvalue weighted by atomic mass is 16.6. The van der Waals surface area contributed by atoms with Gasteiger partial charge in [-0.25, -0.2) is 9.59 Å². The van der Waals surface area contributed by atoms with Crippen LogP contribution in [0.2, 0.25) is 0 Å². The first-order chi connectivity index (χ1) is 20.0. The van der Waals surface area contributed by atoms with Gasteiger partial charge in [0, 0.05) is 21.9 Å². The summed E-state index contributed by atoms with van der Waals surface area (Å²) < 4.78 is 23.1. The van der Waals surface area contributed by atoms with E-state index in [0.717, 1.165) is 32.7 Å². The molecule has 6 heteroatoms. The molecule has 0 N–H and O–H groups in total. The number of ether oxygens (including phenoxy) is 4. The standard InChI is InChI=1S/C36H34O6/c1-21(2)35(37)41-25(7)23(5)39-33-19-17-29(27-13-9-11-15-31(27)33)30-18-20-34(32-16-12-10-14-28(30)32)40-24(6)26(8)42-36(38)22(3)4/h9-20H,1,3H2,2,4-8H3. The van der Waals surface area contributed by atoms with Gasteiger partial charge >= 0.3 is 11.9 Å². The average molecular weight is 563 g/mol. The van der Waals surface area contributed by atoms with Crippen molar-refractivity contribution in [1.82, 2.24) is 0 Å². The molecule has 0 bridgehead atoms. The summed E-state index contributed by atoms with van der Waals surface area (Å²) in [7, 11) is 0. The van der Waals surface area contributed by atoms with Gasteiger partial charge in [-0.1, -0.05) is 73.8 Å². The fourth-order valence-electron chi connectivity index (χ4n) is 4.26. The normalized spacial score (nSPS) is 12.2. The topological polar surface area (TPSA) is 71.1 Å². The van der Waals surface area contributed by atoms with Crippen LogP contribution < -0.4 is 9.47 Å². The van der Waals surface area contributed by atoms with Gasteiger partial charge in [-0.15, -0.1) is 0 Å². The molecule has 42 heavy (non-hydrogen) atoms. The Morgan fingerprint density at radius 1 is 0.476 bits per heavy atom. The fraction of sp³-hybridized carbons (Fsp3) is 0.167. The minimum atomic E-state index is -0.497. The van der Waals surface area contributed by atoms with Gasteiger partial charge in [0.2, 0.25) is 0 Å². The second kappa shape index (κ2) is 12.6. The van der Waals surface area contributed by atoms with Gasteiger partial charge in [-0.2, -0.15) is 0 Å². The molecule has 6 nitrogen and oxygen atoms in total. The SMILES string of the molecule is C=C(C)C(=O)OC(C)=C(C)Oc1ccc(-c2ccc(OC(C)=C(C)OC(=O)C(=C)C)c3ccccc23)c2ccccc12. The molecule has 214 valence electrons. The minimum absolute atomic E-state index is 0.313. The molecule has 0 radical (unpaired) electrons. The largest absolute Gasteiger partial charge is 0.458 e. The van der Waals surface area contributed by atoms with Crippen molar-refractivity contribution in [3.05, 3.63) is 120 Å². The van der Waals surface area contributed by atoms with Crippen molar-refractivity contribution >= 4 is 33.5 Å². The van der Waals surface area contributed by atoms with E-state index in [0.29, 0.717) is 45.7 Å². The van der Waals surface area contributed by atoms with Crippen molar-refractivity contribution in [2.75, 3.05) is 0 Å². The molecule has 0 aliphatic heterocycles. The first-order valence-electron chi connectivity index (χ1n) is 13.5. The number of rotatable bonds is 9. The third kappa shape index (κ3) is 6.44. The van der Waals surface area contributed by atoms with Crippen LogP contribution in [-0.2, 0) is 19.1 Å². The van der Waals surface area contributed by atoms with Crippen LogP contribution in [0.4, 0.5) is 0 Å². The number of esters is 2. The third-order valence-corrected chi connectivity index (χ3v) is 6.76. The van der Waals surface area contributed by atoms with Gasteiger partial charge in [-0.05, 0) is 75.6 Å². The van der Waals surface area contributed by atoms with Gasteiger partial charge in [0.1, 0.15) is 34.5 Å². The smallest absolute Gasteiger partial charge is 0.338 e. The summed E-state index contributed by atoms with van der Waals surface area (Å²) in [5.41, 5.74) is 2.67. The van der Waals surface area contributed by atoms with Crippen LogP contribution in [0.25, 0.3) is 32.7 Å². The Balaban J connectivity index is 1.75. The van der Waals surface area contributed by atoms with Crippen LogP contribution in [0.5, 0.6) is 11.5 Å². The van der Waals surface area contributed by atoms with Gasteiger partial charge in [0.25, 0.3) is 0 Å². The monoisotopic (exact) mass is 562 g/mol.